The highest BCUT2D eigenvalue weighted by atomic mass is 19.1. The normalized spacial score (nSPS) is 11.4. The maximum atomic E-state index is 12.4. The lowest BCUT2D eigenvalue weighted by atomic mass is 10.0. The van der Waals surface area contributed by atoms with Crippen LogP contribution in [-0.2, 0) is 4.79 Å². The van der Waals surface area contributed by atoms with Gasteiger partial charge in [0.2, 0.25) is 0 Å². The van der Waals surface area contributed by atoms with Crippen molar-refractivity contribution in [1.82, 2.24) is 5.32 Å². The van der Waals surface area contributed by atoms with Crippen molar-refractivity contribution in [2.24, 2.45) is 4.99 Å². The number of nitrogens with one attached hydrogen (secondary N) is 1. The van der Waals surface area contributed by atoms with E-state index in [1.165, 1.54) is 31.0 Å². The first-order chi connectivity index (χ1) is 12.2. The van der Waals surface area contributed by atoms with Crippen LogP contribution in [0.3, 0.4) is 0 Å². The number of hydrogen-bond donors (Lipinski definition) is 1. The van der Waals surface area contributed by atoms with E-state index in [0.717, 1.165) is 0 Å². The van der Waals surface area contributed by atoms with Gasteiger partial charge in [-0.3, -0.25) is 9.79 Å². The molecular formula is C22H29FN2O. The molecule has 1 rings (SSSR count). The van der Waals surface area contributed by atoms with Crippen molar-refractivity contribution >= 4 is 12.1 Å². The first kappa shape index (κ1) is 23.2. The predicted molar refractivity (Wildman–Crippen MR) is 110 cm³/mol. The molecule has 0 aliphatic heterocycles. The fourth-order valence-electron chi connectivity index (χ4n) is 1.79. The van der Waals surface area contributed by atoms with Gasteiger partial charge in [0.1, 0.15) is 5.82 Å². The Balaban J connectivity index is 0.000000531. The fraction of sp³-hybridized carbons (Fsp3) is 0.273. The monoisotopic (exact) mass is 356 g/mol. The molecule has 0 aromatic heterocycles. The second kappa shape index (κ2) is 12.6. The van der Waals surface area contributed by atoms with E-state index in [4.69, 9.17) is 0 Å². The van der Waals surface area contributed by atoms with Crippen LogP contribution in [-0.4, -0.2) is 19.2 Å². The number of nitrogens with zero attached hydrogens (tertiary/aromatic N) is 1. The summed E-state index contributed by atoms with van der Waals surface area (Å²) >= 11 is 0. The van der Waals surface area contributed by atoms with Gasteiger partial charge in [-0.2, -0.15) is 0 Å². The van der Waals surface area contributed by atoms with E-state index in [-0.39, 0.29) is 11.6 Å². The van der Waals surface area contributed by atoms with Crippen LogP contribution in [0.15, 0.2) is 77.5 Å². The van der Waals surface area contributed by atoms with Crippen molar-refractivity contribution in [3.05, 3.63) is 83.9 Å². The van der Waals surface area contributed by atoms with Gasteiger partial charge in [-0.05, 0) is 43.0 Å². The van der Waals surface area contributed by atoms with Crippen LogP contribution in [0.5, 0.6) is 0 Å². The Morgan fingerprint density at radius 2 is 1.77 bits per heavy atom. The third kappa shape index (κ3) is 9.52. The molecule has 0 saturated carbocycles. The Kier molecular flexibility index (Phi) is 11.3. The first-order valence-electron chi connectivity index (χ1n) is 8.39. The lowest BCUT2D eigenvalue weighted by molar-refractivity contribution is -0.113. The molecule has 0 bridgehead atoms. The van der Waals surface area contributed by atoms with Gasteiger partial charge in [-0.1, -0.05) is 57.4 Å². The Hall–Kier alpha value is -2.75. The third-order valence-electron chi connectivity index (χ3n) is 3.47. The Labute approximate surface area is 156 Å². The molecule has 0 radical (unpaired) electrons. The minimum Gasteiger partial charge on any atom is -0.347 e. The fourth-order valence-corrected chi connectivity index (χ4v) is 1.79. The van der Waals surface area contributed by atoms with E-state index in [1.807, 2.05) is 19.1 Å². The van der Waals surface area contributed by atoms with Crippen molar-refractivity contribution in [1.29, 1.82) is 0 Å². The van der Waals surface area contributed by atoms with E-state index >= 15 is 0 Å². The van der Waals surface area contributed by atoms with Crippen molar-refractivity contribution < 1.29 is 9.18 Å². The van der Waals surface area contributed by atoms with Crippen LogP contribution < -0.4 is 5.32 Å². The number of hydrogen-bond acceptors (Lipinski definition) is 2. The van der Waals surface area contributed by atoms with Crippen LogP contribution in [0, 0.1) is 5.82 Å². The van der Waals surface area contributed by atoms with Crippen LogP contribution in [0.1, 0.15) is 39.2 Å². The summed E-state index contributed by atoms with van der Waals surface area (Å²) in [6, 6.07) is 6.63. The van der Waals surface area contributed by atoms with Gasteiger partial charge >= 0.3 is 0 Å². The van der Waals surface area contributed by atoms with Gasteiger partial charge in [0.05, 0.1) is 6.34 Å². The summed E-state index contributed by atoms with van der Waals surface area (Å²) in [6.07, 6.45) is 6.76. The molecule has 3 nitrogen and oxygen atoms in total. The number of aliphatic imine (C=N–C) groups is 1. The van der Waals surface area contributed by atoms with E-state index in [0.29, 0.717) is 22.8 Å². The largest absolute Gasteiger partial charge is 0.347 e. The highest BCUT2D eigenvalue weighted by Crippen LogP contribution is 2.13. The van der Waals surface area contributed by atoms with Crippen molar-refractivity contribution in [3.8, 4) is 0 Å². The summed E-state index contributed by atoms with van der Waals surface area (Å²) in [5.41, 5.74) is 3.20. The zero-order valence-electron chi connectivity index (χ0n) is 16.3. The minimum absolute atomic E-state index is 0.0280. The summed E-state index contributed by atoms with van der Waals surface area (Å²) in [5.74, 6) is 0.352. The molecule has 0 atom stereocenters. The summed E-state index contributed by atoms with van der Waals surface area (Å²) in [6.45, 7) is 15.1. The molecule has 0 aliphatic rings. The van der Waals surface area contributed by atoms with Crippen LogP contribution >= 0.6 is 0 Å². The van der Waals surface area contributed by atoms with Crippen molar-refractivity contribution in [2.75, 3.05) is 7.05 Å². The predicted octanol–water partition coefficient (Wildman–Crippen LogP) is 5.34. The number of rotatable bonds is 7. The molecule has 0 aliphatic carbocycles. The Morgan fingerprint density at radius 1 is 1.19 bits per heavy atom. The quantitative estimate of drug-likeness (QED) is 0.310. The molecule has 140 valence electrons. The number of allylic oxidation sites excluding steroid dienone is 4. The average molecular weight is 356 g/mol. The number of carbonyl (C=O) groups is 1. The number of benzene rings is 1. The first-order valence-corrected chi connectivity index (χ1v) is 8.39. The van der Waals surface area contributed by atoms with Gasteiger partial charge < -0.3 is 5.32 Å². The molecule has 0 amide bonds. The molecule has 26 heavy (non-hydrogen) atoms. The van der Waals surface area contributed by atoms with Gasteiger partial charge in [0.15, 0.2) is 5.78 Å². The summed E-state index contributed by atoms with van der Waals surface area (Å²) in [5, 5.41) is 2.86. The van der Waals surface area contributed by atoms with Crippen LogP contribution in [0.2, 0.25) is 0 Å². The summed E-state index contributed by atoms with van der Waals surface area (Å²) in [4.78, 5) is 14.9. The minimum atomic E-state index is -0.163. The summed E-state index contributed by atoms with van der Waals surface area (Å²) in [7, 11) is 1.66. The lowest BCUT2D eigenvalue weighted by Gasteiger charge is -2.03. The van der Waals surface area contributed by atoms with Crippen LogP contribution in [0.25, 0.3) is 0 Å². The number of Topliss-reactive ketones (excluding diaryl/α,β-unsaturated/α-hetero) is 1. The molecule has 0 spiro atoms. The van der Waals surface area contributed by atoms with Gasteiger partial charge in [0.25, 0.3) is 0 Å². The highest BCUT2D eigenvalue weighted by Gasteiger charge is 1.98. The molecule has 0 fully saturated rings. The van der Waals surface area contributed by atoms with Crippen LogP contribution in [0.4, 0.5) is 4.39 Å². The Bertz CT molecular complexity index is 695. The van der Waals surface area contributed by atoms with Gasteiger partial charge in [0, 0.05) is 18.3 Å². The highest BCUT2D eigenvalue weighted by molar-refractivity contribution is 5.96. The van der Waals surface area contributed by atoms with E-state index in [2.05, 4.69) is 37.3 Å². The molecule has 0 unspecified atom stereocenters. The molecule has 1 aromatic carbocycles. The second-order valence-electron chi connectivity index (χ2n) is 5.88. The van der Waals surface area contributed by atoms with E-state index in [9.17, 15) is 9.18 Å². The maximum absolute atomic E-state index is 12.4. The molecule has 1 N–H and O–H groups in total. The molecular weight excluding hydrogens is 327 g/mol. The second-order valence-corrected chi connectivity index (χ2v) is 5.88. The van der Waals surface area contributed by atoms with Crippen molar-refractivity contribution in [2.45, 2.75) is 33.6 Å². The zero-order valence-corrected chi connectivity index (χ0v) is 16.3. The van der Waals surface area contributed by atoms with E-state index < -0.39 is 0 Å². The lowest BCUT2D eigenvalue weighted by Crippen LogP contribution is -2.10. The zero-order chi connectivity index (χ0) is 20.1. The third-order valence-corrected chi connectivity index (χ3v) is 3.47. The number of halogens is 1. The smallest absolute Gasteiger partial charge is 0.159 e. The standard InChI is InChI=1S/C13H18N2O.C9H11F/c1-6-13(12(4)16)8-7-10(2)11(3)15-9-14-5;1-7(2)8-3-5-9(10)6-4-8/h6-9H,2-3H2,1,4-5H3,(H,14,15);3-7H,1-2H3/b8-7-,13-6+;. The number of carbonyl (C=O) groups excluding carboxylic acids is 1. The summed E-state index contributed by atoms with van der Waals surface area (Å²) < 4.78 is 12.4. The average Bonchev–Trinajstić information content (AvgIpc) is 2.60. The molecule has 1 aromatic rings. The Morgan fingerprint density at radius 3 is 2.19 bits per heavy atom. The maximum Gasteiger partial charge on any atom is 0.159 e. The molecule has 0 saturated heterocycles. The van der Waals surface area contributed by atoms with Gasteiger partial charge in [-0.25, -0.2) is 4.39 Å². The SMILES string of the molecule is C=C(/C=C\C(=C/C)C(C)=O)C(=C)NC=NC.CC(C)c1ccc(F)cc1. The molecule has 4 heteroatoms. The molecule has 0 heterocycles. The van der Waals surface area contributed by atoms with Gasteiger partial charge in [-0.15, -0.1) is 0 Å². The van der Waals surface area contributed by atoms with E-state index in [1.54, 1.807) is 25.3 Å². The topological polar surface area (TPSA) is 41.5 Å². The number of ketones is 1. The van der Waals surface area contributed by atoms with Crippen molar-refractivity contribution in [3.63, 3.8) is 0 Å².